The van der Waals surface area contributed by atoms with Crippen molar-refractivity contribution in [1.29, 1.82) is 0 Å². The number of carbonyl (C=O) groups excluding carboxylic acids is 1. The molecule has 1 aliphatic rings. The zero-order valence-electron chi connectivity index (χ0n) is 22.9. The highest BCUT2D eigenvalue weighted by Crippen LogP contribution is 2.38. The summed E-state index contributed by atoms with van der Waals surface area (Å²) >= 11 is 0. The highest BCUT2D eigenvalue weighted by atomic mass is 17.1. The molecule has 0 saturated heterocycles. The van der Waals surface area contributed by atoms with Crippen molar-refractivity contribution in [2.45, 2.75) is 89.3 Å². The van der Waals surface area contributed by atoms with Crippen molar-refractivity contribution in [2.24, 2.45) is 11.8 Å². The lowest BCUT2D eigenvalue weighted by molar-refractivity contribution is -0.497. The number of hydrogen-bond donors (Lipinski definition) is 5. The van der Waals surface area contributed by atoms with Gasteiger partial charge in [0.25, 0.3) is 0 Å². The molecule has 2 aromatic rings. The van der Waals surface area contributed by atoms with Gasteiger partial charge in [0, 0.05) is 6.42 Å². The van der Waals surface area contributed by atoms with Crippen LogP contribution in [-0.4, -0.2) is 55.4 Å². The Kier molecular flexibility index (Phi) is 13.7. The Morgan fingerprint density at radius 2 is 1.57 bits per heavy atom. The van der Waals surface area contributed by atoms with Gasteiger partial charge in [0.1, 0.15) is 6.61 Å². The van der Waals surface area contributed by atoms with E-state index < -0.39 is 18.3 Å². The maximum atomic E-state index is 12.1. The second-order valence-electron chi connectivity index (χ2n) is 10.6. The Balaban J connectivity index is 1.30. The Bertz CT molecular complexity index is 1010. The van der Waals surface area contributed by atoms with Gasteiger partial charge in [-0.15, -0.1) is 0 Å². The molecule has 1 fully saturated rings. The number of allylic oxidation sites excluding steroid dienone is 2. The van der Waals surface area contributed by atoms with Gasteiger partial charge in [0.15, 0.2) is 0 Å². The molecule has 0 aliphatic heterocycles. The Hall–Kier alpha value is -2.63. The van der Waals surface area contributed by atoms with Crippen molar-refractivity contribution in [1.82, 2.24) is 5.39 Å². The van der Waals surface area contributed by atoms with Crippen LogP contribution in [0.5, 0.6) is 0 Å². The van der Waals surface area contributed by atoms with Crippen LogP contribution in [0, 0.1) is 11.8 Å². The Labute approximate surface area is 236 Å². The molecule has 9 nitrogen and oxygen atoms in total. The molecular formula is C31H43NO8. The number of aliphatic hydroxyl groups is 3. The summed E-state index contributed by atoms with van der Waals surface area (Å²) in [6, 6.07) is 17.1. The first-order valence-corrected chi connectivity index (χ1v) is 14.1. The van der Waals surface area contributed by atoms with E-state index in [-0.39, 0.29) is 36.4 Å². The van der Waals surface area contributed by atoms with Crippen LogP contribution in [0.3, 0.4) is 0 Å². The third-order valence-electron chi connectivity index (χ3n) is 7.56. The van der Waals surface area contributed by atoms with Gasteiger partial charge in [-0.1, -0.05) is 66.7 Å². The van der Waals surface area contributed by atoms with Crippen LogP contribution in [0.4, 0.5) is 0 Å². The van der Waals surface area contributed by atoms with Crippen molar-refractivity contribution >= 4 is 5.97 Å². The van der Waals surface area contributed by atoms with Crippen LogP contribution in [0.1, 0.15) is 68.1 Å². The number of esters is 1. The first kappa shape index (κ1) is 31.9. The van der Waals surface area contributed by atoms with Gasteiger partial charge < -0.3 is 20.1 Å². The first-order valence-electron chi connectivity index (χ1n) is 14.1. The topological polar surface area (TPSA) is 140 Å². The van der Waals surface area contributed by atoms with E-state index in [0.29, 0.717) is 51.4 Å². The van der Waals surface area contributed by atoms with E-state index in [9.17, 15) is 20.1 Å². The minimum Gasteiger partial charge on any atom is -0.461 e. The monoisotopic (exact) mass is 557 g/mol. The van der Waals surface area contributed by atoms with Crippen molar-refractivity contribution < 1.29 is 40.1 Å². The van der Waals surface area contributed by atoms with Gasteiger partial charge >= 0.3 is 5.97 Å². The maximum absolute atomic E-state index is 12.1. The molecule has 0 heterocycles. The van der Waals surface area contributed by atoms with Crippen molar-refractivity contribution in [2.75, 3.05) is 0 Å². The number of ether oxygens (including phenoxy) is 1. The molecule has 5 N–H and O–H groups in total. The van der Waals surface area contributed by atoms with Crippen LogP contribution < -0.4 is 0 Å². The van der Waals surface area contributed by atoms with Crippen LogP contribution in [-0.2, 0) is 34.0 Å². The second-order valence-corrected chi connectivity index (χ2v) is 10.6. The normalized spacial score (nSPS) is 21.8. The van der Waals surface area contributed by atoms with E-state index in [0.717, 1.165) is 17.5 Å². The predicted molar refractivity (Wildman–Crippen MR) is 148 cm³/mol. The van der Waals surface area contributed by atoms with E-state index in [1.807, 2.05) is 30.4 Å². The molecule has 0 radical (unpaired) electrons. The Morgan fingerprint density at radius 3 is 2.27 bits per heavy atom. The number of rotatable bonds is 17. The molecule has 9 heteroatoms. The van der Waals surface area contributed by atoms with E-state index in [1.165, 1.54) is 5.56 Å². The number of aliphatic hydroxyl groups excluding tert-OH is 3. The fraction of sp³-hybridized carbons (Fsp3) is 0.516. The van der Waals surface area contributed by atoms with Gasteiger partial charge in [-0.3, -0.25) is 15.2 Å². The standard InChI is InChI=1S/C31H43NO8/c33-26(17-16-23-8-4-3-5-9-23)18-19-28-27(29(34)20-30(28)35)10-6-1-2-7-11-31(36)39-21-24-12-14-25(15-13-24)22-40-32(37)38/h1,3-6,8-9,12-15,26-30,33-35,37-38H,2,7,10-11,16-22H2/b6-1-/t26-,27+,28+,29-,30+/m0/s1. The number of hydrogen-bond acceptors (Lipinski definition) is 9. The van der Waals surface area contributed by atoms with Crippen LogP contribution in [0.15, 0.2) is 66.7 Å². The number of carbonyl (C=O) groups is 1. The highest BCUT2D eigenvalue weighted by Gasteiger charge is 2.40. The summed E-state index contributed by atoms with van der Waals surface area (Å²) in [6.45, 7) is 0.159. The molecule has 0 bridgehead atoms. The molecule has 3 rings (SSSR count). The lowest BCUT2D eigenvalue weighted by Gasteiger charge is -2.23. The van der Waals surface area contributed by atoms with Crippen LogP contribution in [0.2, 0.25) is 0 Å². The van der Waals surface area contributed by atoms with E-state index >= 15 is 0 Å². The van der Waals surface area contributed by atoms with E-state index in [4.69, 9.17) is 15.2 Å². The average molecular weight is 558 g/mol. The SMILES string of the molecule is O=C(CCC/C=C\C[C@@H]1[C@@H](CC[C@@H](O)CCc2ccccc2)[C@H](O)C[C@@H]1O)OCc1ccc(CON(O)O)cc1. The summed E-state index contributed by atoms with van der Waals surface area (Å²) < 4.78 is 5.32. The zero-order chi connectivity index (χ0) is 28.7. The number of aryl methyl sites for hydroxylation is 1. The largest absolute Gasteiger partial charge is 0.461 e. The van der Waals surface area contributed by atoms with Gasteiger partial charge in [-0.05, 0) is 79.9 Å². The third-order valence-corrected chi connectivity index (χ3v) is 7.56. The fourth-order valence-corrected chi connectivity index (χ4v) is 5.25. The molecule has 0 spiro atoms. The van der Waals surface area contributed by atoms with E-state index in [1.54, 1.807) is 24.3 Å². The molecule has 0 aromatic heterocycles. The summed E-state index contributed by atoms with van der Waals surface area (Å²) in [5.74, 6) is -0.361. The minimum absolute atomic E-state index is 0.000152. The predicted octanol–water partition coefficient (Wildman–Crippen LogP) is 4.49. The van der Waals surface area contributed by atoms with Crippen molar-refractivity contribution in [3.05, 3.63) is 83.4 Å². The minimum atomic E-state index is -0.555. The average Bonchev–Trinajstić information content (AvgIpc) is 3.22. The molecule has 2 aromatic carbocycles. The highest BCUT2D eigenvalue weighted by molar-refractivity contribution is 5.69. The number of benzene rings is 2. The molecule has 0 amide bonds. The van der Waals surface area contributed by atoms with Crippen molar-refractivity contribution in [3.63, 3.8) is 0 Å². The third kappa shape index (κ3) is 11.5. The lowest BCUT2D eigenvalue weighted by Crippen LogP contribution is -2.23. The molecule has 40 heavy (non-hydrogen) atoms. The summed E-state index contributed by atoms with van der Waals surface area (Å²) in [6.07, 6.45) is 7.97. The zero-order valence-corrected chi connectivity index (χ0v) is 22.9. The molecule has 5 atom stereocenters. The van der Waals surface area contributed by atoms with E-state index in [2.05, 4.69) is 17.0 Å². The Morgan fingerprint density at radius 1 is 0.900 bits per heavy atom. The lowest BCUT2D eigenvalue weighted by atomic mass is 9.85. The molecule has 1 aliphatic carbocycles. The van der Waals surface area contributed by atoms with Gasteiger partial charge in [-0.2, -0.15) is 0 Å². The van der Waals surface area contributed by atoms with Gasteiger partial charge in [0.05, 0.1) is 30.3 Å². The van der Waals surface area contributed by atoms with Crippen LogP contribution >= 0.6 is 0 Å². The van der Waals surface area contributed by atoms with Gasteiger partial charge in [-0.25, -0.2) is 4.84 Å². The molecular weight excluding hydrogens is 514 g/mol. The number of unbranched alkanes of at least 4 members (excludes halogenated alkanes) is 1. The molecule has 1 saturated carbocycles. The van der Waals surface area contributed by atoms with Crippen molar-refractivity contribution in [3.8, 4) is 0 Å². The fourth-order valence-electron chi connectivity index (χ4n) is 5.25. The second kappa shape index (κ2) is 17.2. The maximum Gasteiger partial charge on any atom is 0.306 e. The smallest absolute Gasteiger partial charge is 0.306 e. The summed E-state index contributed by atoms with van der Waals surface area (Å²) in [5, 5.41) is 48.3. The van der Waals surface area contributed by atoms with Crippen LogP contribution in [0.25, 0.3) is 0 Å². The molecule has 0 unspecified atom stereocenters. The summed E-state index contributed by atoms with van der Waals surface area (Å²) in [7, 11) is 0. The first-order chi connectivity index (χ1) is 19.3. The summed E-state index contributed by atoms with van der Waals surface area (Å²) in [4.78, 5) is 16.6. The molecule has 220 valence electrons. The van der Waals surface area contributed by atoms with Gasteiger partial charge in [0.2, 0.25) is 0 Å². The quantitative estimate of drug-likeness (QED) is 0.0824. The number of nitrogens with zero attached hydrogens (tertiary/aromatic N) is 1. The summed E-state index contributed by atoms with van der Waals surface area (Å²) in [5.41, 5.74) is 2.75.